The van der Waals surface area contributed by atoms with Gasteiger partial charge in [0.1, 0.15) is 0 Å². The zero-order valence-corrected chi connectivity index (χ0v) is 51.5. The molecule has 3 aromatic heterocycles. The summed E-state index contributed by atoms with van der Waals surface area (Å²) >= 11 is 1.41. The monoisotopic (exact) mass is 1250 g/mol. The van der Waals surface area contributed by atoms with Gasteiger partial charge in [0.15, 0.2) is 22.0 Å². The van der Waals surface area contributed by atoms with Gasteiger partial charge in [0.25, 0.3) is 0 Å². The molecular formula is C65H66N12O13S. The van der Waals surface area contributed by atoms with Crippen LogP contribution in [0.4, 0.5) is 31.4 Å². The van der Waals surface area contributed by atoms with Crippen LogP contribution in [0.3, 0.4) is 0 Å². The molecular weight excluding hydrogens is 1190 g/mol. The number of anilines is 3. The second kappa shape index (κ2) is 22.8. The number of aromatic amines is 1. The lowest BCUT2D eigenvalue weighted by molar-refractivity contribution is -0.154. The molecule has 15 rings (SSSR count). The van der Waals surface area contributed by atoms with Gasteiger partial charge in [0.2, 0.25) is 35.4 Å². The molecule has 12 amide bonds. The lowest BCUT2D eigenvalue weighted by Crippen LogP contribution is -2.75. The summed E-state index contributed by atoms with van der Waals surface area (Å²) in [4.78, 5) is 145. The third kappa shape index (κ3) is 10.0. The highest BCUT2D eigenvalue weighted by molar-refractivity contribution is 7.17. The maximum atomic E-state index is 13.2. The lowest BCUT2D eigenvalue weighted by atomic mass is 9.66. The summed E-state index contributed by atoms with van der Waals surface area (Å²) in [6, 6.07) is 21.7. The maximum absolute atomic E-state index is 13.2. The number of nitrogens with zero attached hydrogens (tertiary/aromatic N) is 5. The summed E-state index contributed by atoms with van der Waals surface area (Å²) < 4.78 is 18.0. The summed E-state index contributed by atoms with van der Waals surface area (Å²) in [6.07, 6.45) is 5.95. The molecule has 6 fully saturated rings. The van der Waals surface area contributed by atoms with Crippen molar-refractivity contribution in [3.63, 3.8) is 0 Å². The van der Waals surface area contributed by atoms with Crippen LogP contribution in [-0.2, 0) is 62.2 Å². The third-order valence-electron chi connectivity index (χ3n) is 19.0. The molecule has 0 saturated carbocycles. The molecule has 0 bridgehead atoms. The number of imide groups is 6. The predicted octanol–water partition coefficient (Wildman–Crippen LogP) is 5.12. The van der Waals surface area contributed by atoms with Gasteiger partial charge in [-0.05, 0) is 167 Å². The highest BCUT2D eigenvalue weighted by Gasteiger charge is 2.66. The highest BCUT2D eigenvalue weighted by Crippen LogP contribution is 2.51. The van der Waals surface area contributed by atoms with Gasteiger partial charge in [-0.25, -0.2) is 19.4 Å². The van der Waals surface area contributed by atoms with Crippen LogP contribution in [0.25, 0.3) is 32.8 Å². The zero-order chi connectivity index (χ0) is 64.2. The Labute approximate surface area is 525 Å². The Kier molecular flexibility index (Phi) is 15.1. The molecule has 9 atom stereocenters. The van der Waals surface area contributed by atoms with Crippen molar-refractivity contribution in [2.24, 2.45) is 16.2 Å². The SMILES string of the molecule is CC(=O)c1ccc(-c2ccc3c(c2)CC2(C(=O)NC(=O)NC2=O)[C@H]2[C@H](C)O[C@H](C)CN32)s1.C[C@@H]1CN2c3ccc(-c4ccncc4)cc3CC3(C(=O)NC(=O)NC3=O)[C@H]2[C@H](C)O1.C[C@@H]1CN2c3ccc(-c4cnc[nH]4)cc3CC3(C(=O)NC(=O)NC3=O)[C@H]2[C@H](C)O1. The number of carbonyl (C=O) groups excluding carboxylic acids is 10. The predicted molar refractivity (Wildman–Crippen MR) is 330 cm³/mol. The molecule has 6 saturated heterocycles. The van der Waals surface area contributed by atoms with Gasteiger partial charge in [0, 0.05) is 54.0 Å². The molecule has 12 heterocycles. The van der Waals surface area contributed by atoms with E-state index in [1.165, 1.54) is 18.3 Å². The van der Waals surface area contributed by atoms with E-state index in [1.54, 1.807) is 31.0 Å². The molecule has 0 unspecified atom stereocenters. The topological polar surface area (TPSA) is 322 Å². The quantitative estimate of drug-likeness (QED) is 0.0890. The number of ether oxygens (including phenoxy) is 3. The first-order valence-corrected chi connectivity index (χ1v) is 31.0. The van der Waals surface area contributed by atoms with Crippen LogP contribution in [0.5, 0.6) is 0 Å². The van der Waals surface area contributed by atoms with Crippen molar-refractivity contribution < 1.29 is 62.2 Å². The van der Waals surface area contributed by atoms with Crippen LogP contribution in [0.15, 0.2) is 104 Å². The van der Waals surface area contributed by atoms with Gasteiger partial charge in [-0.15, -0.1) is 11.3 Å². The molecule has 6 aromatic rings. The van der Waals surface area contributed by atoms with Crippen molar-refractivity contribution in [3.8, 4) is 32.8 Å². The molecule has 3 aromatic carbocycles. The molecule has 25 nitrogen and oxygen atoms in total. The minimum Gasteiger partial charge on any atom is -0.372 e. The number of hydrogen-bond acceptors (Lipinski definition) is 19. The number of Topliss-reactive ketones (excluding diaryl/α,β-unsaturated/α-hetero) is 1. The van der Waals surface area contributed by atoms with Crippen molar-refractivity contribution in [2.75, 3.05) is 34.3 Å². The first kappa shape index (κ1) is 60.4. The largest absolute Gasteiger partial charge is 0.372 e. The molecule has 3 spiro atoms. The van der Waals surface area contributed by atoms with Crippen LogP contribution in [-0.4, -0.2) is 149 Å². The number of urea groups is 3. The molecule has 470 valence electrons. The summed E-state index contributed by atoms with van der Waals surface area (Å²) in [5.41, 5.74) is 5.79. The van der Waals surface area contributed by atoms with Crippen LogP contribution in [0.2, 0.25) is 0 Å². The van der Waals surface area contributed by atoms with Crippen LogP contribution in [0, 0.1) is 16.2 Å². The second-order valence-electron chi connectivity index (χ2n) is 24.9. The summed E-state index contributed by atoms with van der Waals surface area (Å²) in [5.74, 6) is -3.49. The van der Waals surface area contributed by atoms with E-state index >= 15 is 0 Å². The van der Waals surface area contributed by atoms with Gasteiger partial charge in [-0.1, -0.05) is 18.2 Å². The van der Waals surface area contributed by atoms with Crippen molar-refractivity contribution in [2.45, 2.75) is 122 Å². The number of aromatic nitrogens is 3. The van der Waals surface area contributed by atoms with Gasteiger partial charge in [0.05, 0.1) is 77.8 Å². The first-order chi connectivity index (χ1) is 43.5. The number of rotatable bonds is 4. The Bertz CT molecular complexity index is 4000. The van der Waals surface area contributed by atoms with Crippen LogP contribution < -0.4 is 46.6 Å². The van der Waals surface area contributed by atoms with E-state index in [0.29, 0.717) is 24.5 Å². The van der Waals surface area contributed by atoms with E-state index in [1.807, 2.05) is 114 Å². The molecule has 91 heavy (non-hydrogen) atoms. The Hall–Kier alpha value is -9.50. The van der Waals surface area contributed by atoms with Gasteiger partial charge in [-0.3, -0.25) is 70.4 Å². The molecule has 0 aliphatic carbocycles. The third-order valence-corrected chi connectivity index (χ3v) is 20.2. The average molecular weight is 1260 g/mol. The van der Waals surface area contributed by atoms with E-state index in [0.717, 1.165) is 66.6 Å². The molecule has 7 N–H and O–H groups in total. The average Bonchev–Trinajstić information content (AvgIpc) is 0.994. The zero-order valence-electron chi connectivity index (χ0n) is 50.7. The number of hydrogen-bond donors (Lipinski definition) is 7. The van der Waals surface area contributed by atoms with E-state index in [-0.39, 0.29) is 55.6 Å². The van der Waals surface area contributed by atoms with Crippen molar-refractivity contribution in [1.82, 2.24) is 46.9 Å². The minimum absolute atomic E-state index is 0.0116. The van der Waals surface area contributed by atoms with Crippen LogP contribution in [0.1, 0.15) is 74.8 Å². The number of pyridine rings is 1. The number of imidazole rings is 1. The van der Waals surface area contributed by atoms with E-state index in [2.05, 4.69) is 61.6 Å². The number of benzene rings is 3. The van der Waals surface area contributed by atoms with Gasteiger partial charge >= 0.3 is 18.1 Å². The number of morpholine rings is 3. The number of amides is 12. The summed E-state index contributed by atoms with van der Waals surface area (Å²) in [6.45, 7) is 14.7. The Balaban J connectivity index is 0.000000125. The van der Waals surface area contributed by atoms with Crippen molar-refractivity contribution in [3.05, 3.63) is 125 Å². The standard InChI is InChI=1S/C23H23N3O5S.C22H22N4O4.C20H21N5O4/c1-11-10-26-16-5-4-14(18-7-6-17(32-18)12(2)27)8-15(16)9-23(19(26)13(3)31-11)20(28)24-22(30)25-21(23)29;1-12-11-26-17-4-3-15(14-5-7-23-8-6-14)9-16(17)10-22(18(26)13(2)30-12)19(27)24-21(29)25-20(22)28;1-10-8-25-15-4-3-12(14-7-21-9-22-14)5-13(15)6-20(16(25)11(2)29-10)17(26)23-19(28)24-18(20)27/h4-8,11,13,19H,9-10H2,1-3H3,(H2,24,25,28,29,30);3-9,12-13,18H,10-11H2,1-2H3,(H2,24,25,27,28,29);3-5,7,9-11,16H,6,8H2,1-2H3,(H,21,22)(H2,23,24,26,27,28)/t11-,13+,19-;12-,13+,18-;10-,11+,16-/m111/s1. The fraction of sp³-hybridized carbons (Fsp3) is 0.385. The van der Waals surface area contributed by atoms with Crippen molar-refractivity contribution >= 4 is 87.7 Å². The smallest absolute Gasteiger partial charge is 0.328 e. The lowest BCUT2D eigenvalue weighted by Gasteiger charge is -2.55. The fourth-order valence-electron chi connectivity index (χ4n) is 15.5. The second-order valence-corrected chi connectivity index (χ2v) is 25.9. The Morgan fingerprint density at radius 3 is 1.22 bits per heavy atom. The normalized spacial score (nSPS) is 27.1. The number of fused-ring (bicyclic) bond motifs is 12. The number of thiophene rings is 1. The fourth-order valence-corrected chi connectivity index (χ4v) is 16.4. The Morgan fingerprint density at radius 2 is 0.846 bits per heavy atom. The number of ketones is 1. The number of carbonyl (C=O) groups is 10. The summed E-state index contributed by atoms with van der Waals surface area (Å²) in [5, 5.41) is 13.8. The molecule has 9 aliphatic rings. The van der Waals surface area contributed by atoms with E-state index < -0.39 is 94.0 Å². The first-order valence-electron chi connectivity index (χ1n) is 30.2. The summed E-state index contributed by atoms with van der Waals surface area (Å²) in [7, 11) is 0. The highest BCUT2D eigenvalue weighted by atomic mass is 32.1. The molecule has 9 aliphatic heterocycles. The number of nitrogens with one attached hydrogen (secondary N) is 7. The maximum Gasteiger partial charge on any atom is 0.328 e. The van der Waals surface area contributed by atoms with E-state index in [9.17, 15) is 47.9 Å². The van der Waals surface area contributed by atoms with Crippen LogP contribution >= 0.6 is 11.3 Å². The molecule has 0 radical (unpaired) electrons. The van der Waals surface area contributed by atoms with Crippen molar-refractivity contribution in [1.29, 1.82) is 0 Å². The Morgan fingerprint density at radius 1 is 0.473 bits per heavy atom. The molecule has 26 heteroatoms. The number of H-pyrrole nitrogens is 1. The number of barbiturate groups is 3. The van der Waals surface area contributed by atoms with Gasteiger partial charge in [-0.2, -0.15) is 0 Å². The minimum atomic E-state index is -1.49. The van der Waals surface area contributed by atoms with E-state index in [4.69, 9.17) is 14.2 Å². The van der Waals surface area contributed by atoms with Gasteiger partial charge < -0.3 is 33.9 Å².